The normalized spacial score (nSPS) is 10.7. The molecule has 0 aliphatic carbocycles. The van der Waals surface area contributed by atoms with Crippen LogP contribution in [0.1, 0.15) is 6.92 Å². The largest absolute Gasteiger partial charge is 0.493 e. The zero-order valence-corrected chi connectivity index (χ0v) is 13.6. The van der Waals surface area contributed by atoms with E-state index in [1.807, 2.05) is 37.3 Å². The van der Waals surface area contributed by atoms with Gasteiger partial charge in [-0.15, -0.1) is 0 Å². The summed E-state index contributed by atoms with van der Waals surface area (Å²) in [4.78, 5) is 16.7. The number of aromatic nitrogens is 2. The van der Waals surface area contributed by atoms with Crippen LogP contribution >= 0.6 is 11.6 Å². The maximum Gasteiger partial charge on any atom is 0.354 e. The van der Waals surface area contributed by atoms with E-state index in [2.05, 4.69) is 10.3 Å². The molecule has 23 heavy (non-hydrogen) atoms. The topological polar surface area (TPSA) is 56.1 Å². The van der Waals surface area contributed by atoms with E-state index < -0.39 is 0 Å². The Morgan fingerprint density at radius 2 is 2.00 bits per heavy atom. The summed E-state index contributed by atoms with van der Waals surface area (Å²) in [5, 5.41) is 4.18. The second-order valence-electron chi connectivity index (χ2n) is 4.90. The van der Waals surface area contributed by atoms with Gasteiger partial charge in [0, 0.05) is 12.1 Å². The molecule has 0 aliphatic heterocycles. The van der Waals surface area contributed by atoms with Crippen LogP contribution in [-0.2, 0) is 0 Å². The van der Waals surface area contributed by atoms with Gasteiger partial charge in [-0.05, 0) is 31.2 Å². The number of benzene rings is 2. The molecule has 118 valence electrons. The van der Waals surface area contributed by atoms with Gasteiger partial charge >= 0.3 is 5.69 Å². The van der Waals surface area contributed by atoms with Gasteiger partial charge in [0.25, 0.3) is 0 Å². The van der Waals surface area contributed by atoms with E-state index in [0.29, 0.717) is 28.7 Å². The van der Waals surface area contributed by atoms with Gasteiger partial charge in [0.2, 0.25) is 0 Å². The monoisotopic (exact) mass is 329 g/mol. The maximum absolute atomic E-state index is 12.5. The fourth-order valence-corrected chi connectivity index (χ4v) is 2.77. The molecule has 0 saturated carbocycles. The van der Waals surface area contributed by atoms with Crippen molar-refractivity contribution in [1.82, 2.24) is 9.55 Å². The van der Waals surface area contributed by atoms with Crippen LogP contribution in [0.3, 0.4) is 0 Å². The zero-order chi connectivity index (χ0) is 16.4. The summed E-state index contributed by atoms with van der Waals surface area (Å²) < 4.78 is 7.23. The minimum absolute atomic E-state index is 0.377. The number of nitrogens with zero attached hydrogens (tertiary/aromatic N) is 2. The number of nitrogens with one attached hydrogen (secondary N) is 1. The fourth-order valence-electron chi connectivity index (χ4n) is 2.56. The molecule has 0 unspecified atom stereocenters. The van der Waals surface area contributed by atoms with Crippen LogP contribution in [0, 0.1) is 0 Å². The van der Waals surface area contributed by atoms with Gasteiger partial charge in [-0.25, -0.2) is 4.79 Å². The summed E-state index contributed by atoms with van der Waals surface area (Å²) >= 11 is 6.23. The average Bonchev–Trinajstić information content (AvgIpc) is 2.54. The number of hydrogen-bond donors (Lipinski definition) is 1. The molecule has 1 heterocycles. The molecule has 0 saturated heterocycles. The van der Waals surface area contributed by atoms with E-state index >= 15 is 0 Å². The van der Waals surface area contributed by atoms with Crippen molar-refractivity contribution < 1.29 is 4.74 Å². The minimum Gasteiger partial charge on any atom is -0.493 e. The fraction of sp³-hybridized carbons (Fsp3) is 0.176. The van der Waals surface area contributed by atoms with Crippen molar-refractivity contribution in [1.29, 1.82) is 0 Å². The summed E-state index contributed by atoms with van der Waals surface area (Å²) in [5.74, 6) is 1.06. The first-order valence-electron chi connectivity index (χ1n) is 7.28. The van der Waals surface area contributed by atoms with Crippen LogP contribution in [0.15, 0.2) is 47.3 Å². The Labute approximate surface area is 138 Å². The number of para-hydroxylation sites is 1. The molecule has 0 radical (unpaired) electrons. The van der Waals surface area contributed by atoms with Crippen molar-refractivity contribution in [3.8, 4) is 11.4 Å². The predicted octanol–water partition coefficient (Wildman–Crippen LogP) is 3.48. The summed E-state index contributed by atoms with van der Waals surface area (Å²) in [6, 6.07) is 12.8. The van der Waals surface area contributed by atoms with Gasteiger partial charge in [0.1, 0.15) is 11.6 Å². The Kier molecular flexibility index (Phi) is 4.21. The summed E-state index contributed by atoms with van der Waals surface area (Å²) in [5.41, 5.74) is 0.997. The highest BCUT2D eigenvalue weighted by Gasteiger charge is 2.16. The van der Waals surface area contributed by atoms with Crippen LogP contribution in [0.2, 0.25) is 5.02 Å². The number of hydrogen-bond acceptors (Lipinski definition) is 4. The molecule has 5 nitrogen and oxygen atoms in total. The summed E-state index contributed by atoms with van der Waals surface area (Å²) in [7, 11) is 1.72. The molecule has 2 aromatic carbocycles. The van der Waals surface area contributed by atoms with Crippen LogP contribution < -0.4 is 15.7 Å². The van der Waals surface area contributed by atoms with E-state index in [9.17, 15) is 4.79 Å². The third kappa shape index (κ3) is 2.75. The van der Waals surface area contributed by atoms with Crippen molar-refractivity contribution in [2.45, 2.75) is 6.92 Å². The lowest BCUT2D eigenvalue weighted by molar-refractivity contribution is 0.344. The molecular weight excluding hydrogens is 314 g/mol. The molecule has 0 fully saturated rings. The van der Waals surface area contributed by atoms with Gasteiger partial charge in [-0.2, -0.15) is 4.98 Å². The number of halogens is 1. The van der Waals surface area contributed by atoms with Gasteiger partial charge in [0.15, 0.2) is 0 Å². The van der Waals surface area contributed by atoms with Crippen molar-refractivity contribution >= 4 is 28.3 Å². The van der Waals surface area contributed by atoms with Gasteiger partial charge in [-0.1, -0.05) is 29.8 Å². The van der Waals surface area contributed by atoms with E-state index in [1.165, 1.54) is 4.57 Å². The quantitative estimate of drug-likeness (QED) is 0.796. The highest BCUT2D eigenvalue weighted by molar-refractivity contribution is 6.31. The first kappa shape index (κ1) is 15.4. The molecule has 3 rings (SSSR count). The van der Waals surface area contributed by atoms with Gasteiger partial charge < -0.3 is 10.1 Å². The number of fused-ring (bicyclic) bond motifs is 1. The molecule has 0 bridgehead atoms. The third-order valence-electron chi connectivity index (χ3n) is 3.47. The predicted molar refractivity (Wildman–Crippen MR) is 93.1 cm³/mol. The molecular formula is C17H16ClN3O2. The van der Waals surface area contributed by atoms with Crippen LogP contribution in [-0.4, -0.2) is 23.2 Å². The third-order valence-corrected chi connectivity index (χ3v) is 3.69. The second kappa shape index (κ2) is 6.30. The summed E-state index contributed by atoms with van der Waals surface area (Å²) in [6.07, 6.45) is 0. The lowest BCUT2D eigenvalue weighted by atomic mass is 10.2. The summed E-state index contributed by atoms with van der Waals surface area (Å²) in [6.45, 7) is 2.38. The minimum atomic E-state index is -0.377. The highest BCUT2D eigenvalue weighted by Crippen LogP contribution is 2.34. The number of ether oxygens (including phenoxy) is 1. The van der Waals surface area contributed by atoms with Gasteiger partial charge in [-0.3, -0.25) is 4.57 Å². The smallest absolute Gasteiger partial charge is 0.354 e. The van der Waals surface area contributed by atoms with Crippen LogP contribution in [0.5, 0.6) is 5.75 Å². The Bertz CT molecular complexity index is 907. The Balaban J connectivity index is 2.46. The van der Waals surface area contributed by atoms with E-state index in [4.69, 9.17) is 16.3 Å². The molecule has 1 aromatic heterocycles. The molecule has 0 spiro atoms. The first-order valence-corrected chi connectivity index (χ1v) is 7.65. The number of anilines is 1. The Morgan fingerprint density at radius 1 is 1.26 bits per heavy atom. The first-order chi connectivity index (χ1) is 11.2. The van der Waals surface area contributed by atoms with Crippen LogP contribution in [0.4, 0.5) is 5.82 Å². The van der Waals surface area contributed by atoms with Crippen LogP contribution in [0.25, 0.3) is 16.6 Å². The molecule has 1 N–H and O–H groups in total. The highest BCUT2D eigenvalue weighted by atomic mass is 35.5. The maximum atomic E-state index is 12.5. The van der Waals surface area contributed by atoms with E-state index in [1.54, 1.807) is 19.2 Å². The second-order valence-corrected chi connectivity index (χ2v) is 5.33. The lowest BCUT2D eigenvalue weighted by Gasteiger charge is -2.16. The lowest BCUT2D eigenvalue weighted by Crippen LogP contribution is -2.23. The van der Waals surface area contributed by atoms with Crippen molar-refractivity contribution in [3.63, 3.8) is 0 Å². The van der Waals surface area contributed by atoms with E-state index in [0.717, 1.165) is 11.1 Å². The molecule has 0 amide bonds. The molecule has 3 aromatic rings. The van der Waals surface area contributed by atoms with E-state index in [-0.39, 0.29) is 5.69 Å². The van der Waals surface area contributed by atoms with Crippen molar-refractivity contribution in [3.05, 3.63) is 58.0 Å². The van der Waals surface area contributed by atoms with Gasteiger partial charge in [0.05, 0.1) is 23.2 Å². The standard InChI is InChI=1S/C17H16ClN3O2/c1-3-23-14-10-11(18)9-13-15(14)16(19-2)20-17(22)21(13)12-7-5-4-6-8-12/h4-10H,3H2,1-2H3,(H,19,20,22). The van der Waals surface area contributed by atoms with Crippen molar-refractivity contribution in [2.24, 2.45) is 0 Å². The Hall–Kier alpha value is -2.53. The molecule has 0 atom stereocenters. The average molecular weight is 330 g/mol. The Morgan fingerprint density at radius 3 is 2.65 bits per heavy atom. The molecule has 6 heteroatoms. The van der Waals surface area contributed by atoms with Crippen molar-refractivity contribution in [2.75, 3.05) is 19.0 Å². The SMILES string of the molecule is CCOc1cc(Cl)cc2c1c(NC)nc(=O)n2-c1ccccc1. The molecule has 0 aliphatic rings. The number of rotatable bonds is 4. The zero-order valence-electron chi connectivity index (χ0n) is 12.8.